The Labute approximate surface area is 106 Å². The Balaban J connectivity index is 0.00000128. The van der Waals surface area contributed by atoms with E-state index in [0.717, 1.165) is 11.1 Å². The molecule has 0 fully saturated rings. The second-order valence-electron chi connectivity index (χ2n) is 3.36. The maximum atomic E-state index is 10.0. The second kappa shape index (κ2) is 5.90. The standard InChI is InChI=1S/C13H11ClO.ClH/c14-12-8-6-11(7-9-12)13(15)10-4-2-1-3-5-10;/h1-9,13,15H;1H. The molecule has 2 aromatic carbocycles. The molecule has 0 aliphatic rings. The molecule has 0 radical (unpaired) electrons. The molecule has 84 valence electrons. The summed E-state index contributed by atoms with van der Waals surface area (Å²) >= 11 is 5.78. The van der Waals surface area contributed by atoms with Crippen molar-refractivity contribution in [3.05, 3.63) is 70.7 Å². The highest BCUT2D eigenvalue weighted by atomic mass is 35.5. The number of hydrogen-bond donors (Lipinski definition) is 1. The van der Waals surface area contributed by atoms with E-state index in [1.165, 1.54) is 0 Å². The van der Waals surface area contributed by atoms with Crippen LogP contribution in [0.5, 0.6) is 0 Å². The molecule has 1 unspecified atom stereocenters. The quantitative estimate of drug-likeness (QED) is 0.864. The summed E-state index contributed by atoms with van der Waals surface area (Å²) in [6.07, 6.45) is -0.580. The van der Waals surface area contributed by atoms with Crippen molar-refractivity contribution in [3.8, 4) is 0 Å². The van der Waals surface area contributed by atoms with Crippen LogP contribution in [0.4, 0.5) is 0 Å². The molecule has 0 spiro atoms. The van der Waals surface area contributed by atoms with Gasteiger partial charge >= 0.3 is 0 Å². The van der Waals surface area contributed by atoms with E-state index in [0.29, 0.717) is 5.02 Å². The van der Waals surface area contributed by atoms with Gasteiger partial charge in [-0.2, -0.15) is 0 Å². The summed E-state index contributed by atoms with van der Waals surface area (Å²) < 4.78 is 0. The van der Waals surface area contributed by atoms with Gasteiger partial charge in [-0.05, 0) is 23.3 Å². The molecule has 3 heteroatoms. The molecule has 0 bridgehead atoms. The van der Waals surface area contributed by atoms with Crippen molar-refractivity contribution in [3.63, 3.8) is 0 Å². The minimum absolute atomic E-state index is 0. The molecule has 0 saturated heterocycles. The predicted octanol–water partition coefficient (Wildman–Crippen LogP) is 3.84. The molecule has 1 atom stereocenters. The van der Waals surface area contributed by atoms with Gasteiger partial charge in [-0.15, -0.1) is 12.4 Å². The van der Waals surface area contributed by atoms with E-state index in [1.807, 2.05) is 42.5 Å². The van der Waals surface area contributed by atoms with Crippen molar-refractivity contribution < 1.29 is 5.11 Å². The monoisotopic (exact) mass is 254 g/mol. The Hall–Kier alpha value is -1.02. The molecule has 0 amide bonds. The van der Waals surface area contributed by atoms with E-state index in [9.17, 15) is 5.11 Å². The van der Waals surface area contributed by atoms with E-state index in [1.54, 1.807) is 12.1 Å². The molecule has 0 saturated carbocycles. The van der Waals surface area contributed by atoms with E-state index in [4.69, 9.17) is 11.6 Å². The van der Waals surface area contributed by atoms with Gasteiger partial charge in [0.1, 0.15) is 6.10 Å². The average molecular weight is 255 g/mol. The number of aliphatic hydroxyl groups excluding tert-OH is 1. The van der Waals surface area contributed by atoms with Crippen LogP contribution in [0.2, 0.25) is 5.02 Å². The molecule has 2 aromatic rings. The summed E-state index contributed by atoms with van der Waals surface area (Å²) in [7, 11) is 0. The van der Waals surface area contributed by atoms with Crippen LogP contribution >= 0.6 is 24.0 Å². The van der Waals surface area contributed by atoms with Crippen LogP contribution in [0.25, 0.3) is 0 Å². The number of benzene rings is 2. The number of halogens is 2. The lowest BCUT2D eigenvalue weighted by molar-refractivity contribution is 0.220. The molecule has 0 heterocycles. The third-order valence-corrected chi connectivity index (χ3v) is 2.55. The zero-order valence-corrected chi connectivity index (χ0v) is 10.1. The first-order valence-electron chi connectivity index (χ1n) is 4.76. The SMILES string of the molecule is Cl.OC(c1ccccc1)c1ccc(Cl)cc1. The van der Waals surface area contributed by atoms with Crippen molar-refractivity contribution in [1.82, 2.24) is 0 Å². The van der Waals surface area contributed by atoms with Crippen molar-refractivity contribution in [2.45, 2.75) is 6.10 Å². The number of hydrogen-bond acceptors (Lipinski definition) is 1. The third kappa shape index (κ3) is 2.99. The summed E-state index contributed by atoms with van der Waals surface area (Å²) in [5.74, 6) is 0. The van der Waals surface area contributed by atoms with E-state index < -0.39 is 6.10 Å². The highest BCUT2D eigenvalue weighted by molar-refractivity contribution is 6.30. The summed E-state index contributed by atoms with van der Waals surface area (Å²) in [6, 6.07) is 16.8. The van der Waals surface area contributed by atoms with Crippen LogP contribution < -0.4 is 0 Å². The normalized spacial score (nSPS) is 11.6. The van der Waals surface area contributed by atoms with Gasteiger partial charge in [0, 0.05) is 5.02 Å². The van der Waals surface area contributed by atoms with Gasteiger partial charge in [-0.25, -0.2) is 0 Å². The number of aliphatic hydroxyl groups is 1. The summed E-state index contributed by atoms with van der Waals surface area (Å²) in [4.78, 5) is 0. The van der Waals surface area contributed by atoms with Crippen LogP contribution in [-0.2, 0) is 0 Å². The van der Waals surface area contributed by atoms with E-state index in [-0.39, 0.29) is 12.4 Å². The molecule has 0 aromatic heterocycles. The Kier molecular flexibility index (Phi) is 4.81. The predicted molar refractivity (Wildman–Crippen MR) is 69.2 cm³/mol. The van der Waals surface area contributed by atoms with Gasteiger partial charge < -0.3 is 5.11 Å². The van der Waals surface area contributed by atoms with Crippen LogP contribution in [-0.4, -0.2) is 5.11 Å². The van der Waals surface area contributed by atoms with Crippen LogP contribution in [0.15, 0.2) is 54.6 Å². The fourth-order valence-corrected chi connectivity index (χ4v) is 1.60. The molecular formula is C13H12Cl2O. The first-order valence-corrected chi connectivity index (χ1v) is 5.13. The van der Waals surface area contributed by atoms with Gasteiger partial charge in [0.05, 0.1) is 0 Å². The molecule has 0 aliphatic carbocycles. The van der Waals surface area contributed by atoms with Crippen molar-refractivity contribution in [1.29, 1.82) is 0 Å². The van der Waals surface area contributed by atoms with Gasteiger partial charge in [0.25, 0.3) is 0 Å². The van der Waals surface area contributed by atoms with Gasteiger partial charge in [-0.1, -0.05) is 54.1 Å². The van der Waals surface area contributed by atoms with Crippen molar-refractivity contribution in [2.24, 2.45) is 0 Å². The largest absolute Gasteiger partial charge is 0.384 e. The van der Waals surface area contributed by atoms with Crippen molar-refractivity contribution in [2.75, 3.05) is 0 Å². The average Bonchev–Trinajstić information content (AvgIpc) is 2.30. The van der Waals surface area contributed by atoms with Gasteiger partial charge in [-0.3, -0.25) is 0 Å². The van der Waals surface area contributed by atoms with E-state index in [2.05, 4.69) is 0 Å². The maximum absolute atomic E-state index is 10.0. The molecular weight excluding hydrogens is 243 g/mol. The first kappa shape index (κ1) is 13.0. The minimum Gasteiger partial charge on any atom is -0.384 e. The minimum atomic E-state index is -0.580. The summed E-state index contributed by atoms with van der Waals surface area (Å²) in [6.45, 7) is 0. The lowest BCUT2D eigenvalue weighted by atomic mass is 10.0. The molecule has 0 aliphatic heterocycles. The Morgan fingerprint density at radius 2 is 1.31 bits per heavy atom. The van der Waals surface area contributed by atoms with Gasteiger partial charge in [0.15, 0.2) is 0 Å². The smallest absolute Gasteiger partial charge is 0.104 e. The summed E-state index contributed by atoms with van der Waals surface area (Å²) in [5, 5.41) is 10.7. The van der Waals surface area contributed by atoms with Crippen LogP contribution in [0.1, 0.15) is 17.2 Å². The Morgan fingerprint density at radius 1 is 0.812 bits per heavy atom. The van der Waals surface area contributed by atoms with Crippen molar-refractivity contribution >= 4 is 24.0 Å². The van der Waals surface area contributed by atoms with E-state index >= 15 is 0 Å². The zero-order valence-electron chi connectivity index (χ0n) is 8.51. The topological polar surface area (TPSA) is 20.2 Å². The molecule has 16 heavy (non-hydrogen) atoms. The Morgan fingerprint density at radius 3 is 1.88 bits per heavy atom. The molecule has 1 nitrogen and oxygen atoms in total. The highest BCUT2D eigenvalue weighted by Crippen LogP contribution is 2.22. The first-order chi connectivity index (χ1) is 7.27. The lowest BCUT2D eigenvalue weighted by Gasteiger charge is -2.10. The fourth-order valence-electron chi connectivity index (χ4n) is 1.47. The van der Waals surface area contributed by atoms with Crippen LogP contribution in [0.3, 0.4) is 0 Å². The second-order valence-corrected chi connectivity index (χ2v) is 3.80. The fraction of sp³-hybridized carbons (Fsp3) is 0.0769. The van der Waals surface area contributed by atoms with Gasteiger partial charge in [0.2, 0.25) is 0 Å². The zero-order chi connectivity index (χ0) is 10.7. The Bertz CT molecular complexity index is 425. The summed E-state index contributed by atoms with van der Waals surface area (Å²) in [5.41, 5.74) is 1.74. The van der Waals surface area contributed by atoms with Crippen LogP contribution in [0, 0.1) is 0 Å². The lowest BCUT2D eigenvalue weighted by Crippen LogP contribution is -1.98. The maximum Gasteiger partial charge on any atom is 0.104 e. The molecule has 2 rings (SSSR count). The highest BCUT2D eigenvalue weighted by Gasteiger charge is 2.08. The molecule has 1 N–H and O–H groups in total. The number of rotatable bonds is 2. The third-order valence-electron chi connectivity index (χ3n) is 2.30.